The molecule has 0 fully saturated rings. The molecule has 21 heavy (non-hydrogen) atoms. The number of hydrogen-bond acceptors (Lipinski definition) is 2. The average molecular weight is 346 g/mol. The van der Waals surface area contributed by atoms with Crippen molar-refractivity contribution >= 4 is 33.5 Å². The first-order valence-electron chi connectivity index (χ1n) is 6.50. The van der Waals surface area contributed by atoms with Crippen LogP contribution in [-0.2, 0) is 6.42 Å². The van der Waals surface area contributed by atoms with Gasteiger partial charge in [0.15, 0.2) is 0 Å². The van der Waals surface area contributed by atoms with Crippen LogP contribution in [0.25, 0.3) is 0 Å². The van der Waals surface area contributed by atoms with Gasteiger partial charge in [0.05, 0.1) is 5.56 Å². The maximum Gasteiger partial charge on any atom is 0.336 e. The molecule has 0 spiro atoms. The minimum atomic E-state index is -1.02. The molecule has 1 heterocycles. The number of carboxylic acid groups (broad SMARTS) is 1. The molecule has 1 aliphatic heterocycles. The number of benzene rings is 2. The van der Waals surface area contributed by atoms with E-state index >= 15 is 0 Å². The first kappa shape index (κ1) is 13.8. The van der Waals surface area contributed by atoms with Gasteiger partial charge in [-0.15, -0.1) is 0 Å². The summed E-state index contributed by atoms with van der Waals surface area (Å²) in [7, 11) is 0. The van der Waals surface area contributed by atoms with E-state index in [4.69, 9.17) is 0 Å². The van der Waals surface area contributed by atoms with E-state index in [1.54, 1.807) is 23.1 Å². The van der Waals surface area contributed by atoms with E-state index in [2.05, 4.69) is 15.9 Å². The molecule has 1 aliphatic rings. The molecule has 0 atom stereocenters. The summed E-state index contributed by atoms with van der Waals surface area (Å²) in [5.41, 5.74) is 2.48. The number of nitrogens with zero attached hydrogens (tertiary/aromatic N) is 1. The average Bonchev–Trinajstić information content (AvgIpc) is 2.48. The molecule has 0 saturated heterocycles. The SMILES string of the molecule is O=C(O)c1cc(N2CCc3ccccc3C2=O)ccc1Br. The maximum absolute atomic E-state index is 12.6. The minimum Gasteiger partial charge on any atom is -0.478 e. The van der Waals surface area contributed by atoms with Gasteiger partial charge in [-0.2, -0.15) is 0 Å². The molecule has 0 saturated carbocycles. The molecule has 0 aromatic heterocycles. The standard InChI is InChI=1S/C16H12BrNO3/c17-14-6-5-11(9-13(14)16(20)21)18-8-7-10-3-1-2-4-12(10)15(18)19/h1-6,9H,7-8H2,(H,20,21). The number of carbonyl (C=O) groups is 2. The van der Waals surface area contributed by atoms with Gasteiger partial charge in [-0.25, -0.2) is 4.79 Å². The van der Waals surface area contributed by atoms with E-state index in [0.717, 1.165) is 12.0 Å². The Bertz CT molecular complexity index is 742. The Morgan fingerprint density at radius 2 is 1.95 bits per heavy atom. The second-order valence-electron chi connectivity index (χ2n) is 4.83. The summed E-state index contributed by atoms with van der Waals surface area (Å²) in [6, 6.07) is 12.5. The predicted molar refractivity (Wildman–Crippen MR) is 82.9 cm³/mol. The van der Waals surface area contributed by atoms with E-state index in [9.17, 15) is 14.7 Å². The van der Waals surface area contributed by atoms with Crippen LogP contribution in [0.1, 0.15) is 26.3 Å². The Morgan fingerprint density at radius 1 is 1.19 bits per heavy atom. The van der Waals surface area contributed by atoms with Gasteiger partial charge >= 0.3 is 5.97 Å². The molecular formula is C16H12BrNO3. The first-order valence-corrected chi connectivity index (χ1v) is 7.30. The Balaban J connectivity index is 2.01. The first-order chi connectivity index (χ1) is 10.1. The highest BCUT2D eigenvalue weighted by molar-refractivity contribution is 9.10. The van der Waals surface area contributed by atoms with Crippen molar-refractivity contribution in [3.05, 3.63) is 63.6 Å². The van der Waals surface area contributed by atoms with E-state index < -0.39 is 5.97 Å². The van der Waals surface area contributed by atoms with Gasteiger partial charge in [0.2, 0.25) is 0 Å². The number of fused-ring (bicyclic) bond motifs is 1. The minimum absolute atomic E-state index is 0.0875. The zero-order chi connectivity index (χ0) is 15.0. The molecule has 5 heteroatoms. The monoisotopic (exact) mass is 345 g/mol. The largest absolute Gasteiger partial charge is 0.478 e. The lowest BCUT2D eigenvalue weighted by molar-refractivity contribution is 0.0695. The topological polar surface area (TPSA) is 57.6 Å². The van der Waals surface area contributed by atoms with Gasteiger partial charge in [0, 0.05) is 22.3 Å². The molecule has 2 aromatic carbocycles. The smallest absolute Gasteiger partial charge is 0.336 e. The van der Waals surface area contributed by atoms with Crippen molar-refractivity contribution in [2.45, 2.75) is 6.42 Å². The maximum atomic E-state index is 12.6. The van der Waals surface area contributed by atoms with Crippen LogP contribution in [0.15, 0.2) is 46.9 Å². The molecule has 1 amide bonds. The second-order valence-corrected chi connectivity index (χ2v) is 5.69. The summed E-state index contributed by atoms with van der Waals surface area (Å²) in [4.78, 5) is 25.4. The summed E-state index contributed by atoms with van der Waals surface area (Å²) < 4.78 is 0.503. The lowest BCUT2D eigenvalue weighted by Crippen LogP contribution is -2.37. The second kappa shape index (κ2) is 5.33. The molecule has 3 rings (SSSR count). The van der Waals surface area contributed by atoms with Crippen molar-refractivity contribution < 1.29 is 14.7 Å². The number of halogens is 1. The third-order valence-corrected chi connectivity index (χ3v) is 4.28. The highest BCUT2D eigenvalue weighted by Crippen LogP contribution is 2.28. The van der Waals surface area contributed by atoms with Crippen LogP contribution < -0.4 is 4.90 Å². The number of carbonyl (C=O) groups excluding carboxylic acids is 1. The van der Waals surface area contributed by atoms with Gasteiger partial charge in [0.25, 0.3) is 5.91 Å². The normalized spacial score (nSPS) is 14.0. The molecule has 0 unspecified atom stereocenters. The Hall–Kier alpha value is -2.14. The van der Waals surface area contributed by atoms with Crippen molar-refractivity contribution in [3.63, 3.8) is 0 Å². The molecule has 0 radical (unpaired) electrons. The molecule has 4 nitrogen and oxygen atoms in total. The lowest BCUT2D eigenvalue weighted by Gasteiger charge is -2.28. The quantitative estimate of drug-likeness (QED) is 0.907. The third kappa shape index (κ3) is 2.45. The summed E-state index contributed by atoms with van der Waals surface area (Å²) in [6.07, 6.45) is 0.764. The summed E-state index contributed by atoms with van der Waals surface area (Å²) in [6.45, 7) is 0.552. The van der Waals surface area contributed by atoms with Crippen LogP contribution >= 0.6 is 15.9 Å². The van der Waals surface area contributed by atoms with E-state index in [0.29, 0.717) is 22.3 Å². The number of carboxylic acids is 1. The predicted octanol–water partition coefficient (Wildman–Crippen LogP) is 3.35. The van der Waals surface area contributed by atoms with Crippen LogP contribution in [-0.4, -0.2) is 23.5 Å². The third-order valence-electron chi connectivity index (χ3n) is 3.59. The zero-order valence-electron chi connectivity index (χ0n) is 11.0. The van der Waals surface area contributed by atoms with E-state index in [-0.39, 0.29) is 11.5 Å². The van der Waals surface area contributed by atoms with E-state index in [1.807, 2.05) is 18.2 Å². The molecule has 0 bridgehead atoms. The number of hydrogen-bond donors (Lipinski definition) is 1. The lowest BCUT2D eigenvalue weighted by atomic mass is 9.98. The van der Waals surface area contributed by atoms with Gasteiger partial charge in [0.1, 0.15) is 0 Å². The summed E-state index contributed by atoms with van der Waals surface area (Å²) in [5, 5.41) is 9.18. The fourth-order valence-electron chi connectivity index (χ4n) is 2.52. The molecule has 106 valence electrons. The fraction of sp³-hybridized carbons (Fsp3) is 0.125. The highest BCUT2D eigenvalue weighted by atomic mass is 79.9. The fourth-order valence-corrected chi connectivity index (χ4v) is 2.93. The Kier molecular flexibility index (Phi) is 3.51. The zero-order valence-corrected chi connectivity index (χ0v) is 12.6. The Labute approximate surface area is 130 Å². The van der Waals surface area contributed by atoms with Gasteiger partial charge in [-0.1, -0.05) is 18.2 Å². The van der Waals surface area contributed by atoms with Crippen molar-refractivity contribution in [2.75, 3.05) is 11.4 Å². The molecule has 1 N–H and O–H groups in total. The van der Waals surface area contributed by atoms with Crippen LogP contribution in [0.5, 0.6) is 0 Å². The molecule has 0 aliphatic carbocycles. The van der Waals surface area contributed by atoms with Crippen LogP contribution in [0.4, 0.5) is 5.69 Å². The van der Waals surface area contributed by atoms with E-state index in [1.165, 1.54) is 6.07 Å². The van der Waals surface area contributed by atoms with Crippen molar-refractivity contribution in [1.82, 2.24) is 0 Å². The van der Waals surface area contributed by atoms with Gasteiger partial charge in [-0.3, -0.25) is 4.79 Å². The number of aromatic carboxylic acids is 1. The Morgan fingerprint density at radius 3 is 2.71 bits per heavy atom. The number of amides is 1. The van der Waals surface area contributed by atoms with Crippen molar-refractivity contribution in [2.24, 2.45) is 0 Å². The molecule has 2 aromatic rings. The number of rotatable bonds is 2. The number of anilines is 1. The van der Waals surface area contributed by atoms with Crippen molar-refractivity contribution in [3.8, 4) is 0 Å². The van der Waals surface area contributed by atoms with Gasteiger partial charge < -0.3 is 10.0 Å². The van der Waals surface area contributed by atoms with Crippen LogP contribution in [0.3, 0.4) is 0 Å². The highest BCUT2D eigenvalue weighted by Gasteiger charge is 2.25. The van der Waals surface area contributed by atoms with Crippen molar-refractivity contribution in [1.29, 1.82) is 0 Å². The van der Waals surface area contributed by atoms with Crippen LogP contribution in [0.2, 0.25) is 0 Å². The molecular weight excluding hydrogens is 334 g/mol. The summed E-state index contributed by atoms with van der Waals surface area (Å²) in [5.74, 6) is -1.11. The van der Waals surface area contributed by atoms with Gasteiger partial charge in [-0.05, 0) is 52.2 Å². The van der Waals surface area contributed by atoms with Crippen LogP contribution in [0, 0.1) is 0 Å². The summed E-state index contributed by atoms with van der Waals surface area (Å²) >= 11 is 3.21.